The molecule has 0 saturated carbocycles. The van der Waals surface area contributed by atoms with Gasteiger partial charge >= 0.3 is 5.97 Å². The largest absolute Gasteiger partial charge is 0.478 e. The van der Waals surface area contributed by atoms with Crippen LogP contribution in [-0.4, -0.2) is 20.6 Å². The first-order valence-corrected chi connectivity index (χ1v) is 12.9. The maximum absolute atomic E-state index is 11.0. The first kappa shape index (κ1) is 23.8. The van der Waals surface area contributed by atoms with Crippen molar-refractivity contribution in [3.05, 3.63) is 113 Å². The molecule has 2 aromatic rings. The molecule has 0 radical (unpaired) electrons. The summed E-state index contributed by atoms with van der Waals surface area (Å²) in [6, 6.07) is 10.5. The van der Waals surface area contributed by atoms with Crippen molar-refractivity contribution >= 4 is 17.1 Å². The number of nitrogens with zero attached hydrogens (tertiary/aromatic N) is 2. The van der Waals surface area contributed by atoms with Crippen LogP contribution in [0.4, 0.5) is 0 Å². The number of benzene rings is 1. The first-order chi connectivity index (χ1) is 17.7. The summed E-state index contributed by atoms with van der Waals surface area (Å²) in [7, 11) is 0. The summed E-state index contributed by atoms with van der Waals surface area (Å²) in [4.78, 5) is 16.4. The topological polar surface area (TPSA) is 55.1 Å². The Hall–Kier alpha value is -3.92. The molecule has 0 atom stereocenters. The molecule has 0 bridgehead atoms. The summed E-state index contributed by atoms with van der Waals surface area (Å²) in [6.07, 6.45) is 24.2. The molecular formula is C32H32N2O2. The van der Waals surface area contributed by atoms with E-state index in [2.05, 4.69) is 78.3 Å². The van der Waals surface area contributed by atoms with Gasteiger partial charge in [0.05, 0.1) is 11.4 Å². The standard InChI is InChI=1S/C32H32N2O2/c1-2-34-31(25-15-7-4-8-16-25)30(24-13-5-3-6-14-24)33-32(34)28-19-10-9-18-27(28)26-17-11-12-23(22-26)20-21-29(35)36/h3-7,10,12-15,19-22H,2,8-9,11,16-18H2,1H3,(H,35,36)/b21-20+. The van der Waals surface area contributed by atoms with Gasteiger partial charge in [0.25, 0.3) is 0 Å². The van der Waals surface area contributed by atoms with E-state index in [4.69, 9.17) is 10.1 Å². The molecule has 182 valence electrons. The van der Waals surface area contributed by atoms with Gasteiger partial charge in [-0.2, -0.15) is 0 Å². The van der Waals surface area contributed by atoms with E-state index < -0.39 is 5.97 Å². The van der Waals surface area contributed by atoms with E-state index >= 15 is 0 Å². The van der Waals surface area contributed by atoms with Crippen LogP contribution < -0.4 is 0 Å². The molecule has 0 fully saturated rings. The van der Waals surface area contributed by atoms with Crippen LogP contribution in [0.3, 0.4) is 0 Å². The molecule has 0 amide bonds. The molecule has 1 aromatic heterocycles. The average Bonchev–Trinajstić information content (AvgIpc) is 3.32. The predicted octanol–water partition coefficient (Wildman–Crippen LogP) is 7.69. The Bertz CT molecular complexity index is 1370. The molecule has 0 aliphatic heterocycles. The summed E-state index contributed by atoms with van der Waals surface area (Å²) in [5.74, 6) is 0.0978. The van der Waals surface area contributed by atoms with Crippen molar-refractivity contribution < 1.29 is 9.90 Å². The van der Waals surface area contributed by atoms with Crippen molar-refractivity contribution in [3.8, 4) is 11.3 Å². The third-order valence-electron chi connectivity index (χ3n) is 7.00. The molecule has 1 heterocycles. The van der Waals surface area contributed by atoms with E-state index in [1.54, 1.807) is 6.08 Å². The summed E-state index contributed by atoms with van der Waals surface area (Å²) in [5, 5.41) is 9.06. The molecule has 3 aliphatic carbocycles. The Morgan fingerprint density at radius 1 is 1.06 bits per heavy atom. The maximum Gasteiger partial charge on any atom is 0.328 e. The van der Waals surface area contributed by atoms with Gasteiger partial charge in [-0.05, 0) is 73.8 Å². The minimum absolute atomic E-state index is 0.835. The molecule has 0 spiro atoms. The Balaban J connectivity index is 1.68. The second-order valence-electron chi connectivity index (χ2n) is 9.32. The number of allylic oxidation sites excluding steroid dienone is 13. The number of rotatable bonds is 7. The molecule has 3 aliphatic rings. The second-order valence-corrected chi connectivity index (χ2v) is 9.32. The van der Waals surface area contributed by atoms with Crippen molar-refractivity contribution in [2.24, 2.45) is 0 Å². The molecule has 4 heteroatoms. The molecule has 4 nitrogen and oxygen atoms in total. The summed E-state index contributed by atoms with van der Waals surface area (Å²) < 4.78 is 2.39. The predicted molar refractivity (Wildman–Crippen MR) is 147 cm³/mol. The lowest BCUT2D eigenvalue weighted by Gasteiger charge is -2.22. The van der Waals surface area contributed by atoms with E-state index in [0.29, 0.717) is 0 Å². The highest BCUT2D eigenvalue weighted by Gasteiger charge is 2.25. The normalized spacial score (nSPS) is 17.9. The van der Waals surface area contributed by atoms with Crippen LogP contribution in [0, 0.1) is 0 Å². The third kappa shape index (κ3) is 4.90. The van der Waals surface area contributed by atoms with Crippen molar-refractivity contribution in [2.75, 3.05) is 0 Å². The molecular weight excluding hydrogens is 444 g/mol. The van der Waals surface area contributed by atoms with Crippen LogP contribution in [0.2, 0.25) is 0 Å². The highest BCUT2D eigenvalue weighted by molar-refractivity contribution is 5.85. The number of aromatic nitrogens is 2. The quantitative estimate of drug-likeness (QED) is 0.417. The fourth-order valence-electron chi connectivity index (χ4n) is 5.34. The Kier molecular flexibility index (Phi) is 7.13. The Labute approximate surface area is 213 Å². The van der Waals surface area contributed by atoms with E-state index in [1.165, 1.54) is 34.1 Å². The molecule has 0 unspecified atom stereocenters. The van der Waals surface area contributed by atoms with E-state index in [9.17, 15) is 4.79 Å². The number of hydrogen-bond acceptors (Lipinski definition) is 2. The first-order valence-electron chi connectivity index (χ1n) is 12.9. The SMILES string of the molecule is CCn1c(C2=C(C3=CC(/C=C/C(=O)O)=CCC3)CCC=C2)nc(-c2ccccc2)c1C1=CC=CCC1. The van der Waals surface area contributed by atoms with Crippen LogP contribution in [0.1, 0.15) is 57.0 Å². The fourth-order valence-corrected chi connectivity index (χ4v) is 5.34. The monoisotopic (exact) mass is 476 g/mol. The smallest absolute Gasteiger partial charge is 0.328 e. The number of hydrogen-bond donors (Lipinski definition) is 1. The van der Waals surface area contributed by atoms with Crippen LogP contribution in [-0.2, 0) is 11.3 Å². The number of carboxylic acid groups (broad SMARTS) is 1. The minimum atomic E-state index is -0.922. The van der Waals surface area contributed by atoms with Gasteiger partial charge in [-0.25, -0.2) is 9.78 Å². The van der Waals surface area contributed by atoms with Gasteiger partial charge in [0, 0.05) is 23.8 Å². The summed E-state index contributed by atoms with van der Waals surface area (Å²) in [6.45, 7) is 3.04. The van der Waals surface area contributed by atoms with Gasteiger partial charge in [0.1, 0.15) is 5.82 Å². The van der Waals surface area contributed by atoms with Gasteiger partial charge in [-0.3, -0.25) is 0 Å². The number of imidazole rings is 1. The van der Waals surface area contributed by atoms with Gasteiger partial charge in [0.15, 0.2) is 0 Å². The van der Waals surface area contributed by atoms with E-state index in [0.717, 1.165) is 67.7 Å². The zero-order chi connectivity index (χ0) is 24.9. The van der Waals surface area contributed by atoms with Crippen LogP contribution in [0.15, 0.2) is 102 Å². The number of carboxylic acids is 1. The van der Waals surface area contributed by atoms with Gasteiger partial charge in [-0.1, -0.05) is 72.9 Å². The Morgan fingerprint density at radius 3 is 2.61 bits per heavy atom. The van der Waals surface area contributed by atoms with Crippen molar-refractivity contribution in [1.29, 1.82) is 0 Å². The summed E-state index contributed by atoms with van der Waals surface area (Å²) in [5.41, 5.74) is 9.50. The zero-order valence-corrected chi connectivity index (χ0v) is 20.8. The average molecular weight is 477 g/mol. The van der Waals surface area contributed by atoms with Gasteiger partial charge in [-0.15, -0.1) is 0 Å². The lowest BCUT2D eigenvalue weighted by atomic mass is 9.85. The van der Waals surface area contributed by atoms with Crippen LogP contribution in [0.5, 0.6) is 0 Å². The highest BCUT2D eigenvalue weighted by Crippen LogP contribution is 2.40. The molecule has 0 saturated heterocycles. The number of aliphatic carboxylic acids is 1. The van der Waals surface area contributed by atoms with Crippen LogP contribution >= 0.6 is 0 Å². The maximum atomic E-state index is 11.0. The molecule has 36 heavy (non-hydrogen) atoms. The minimum Gasteiger partial charge on any atom is -0.478 e. The van der Waals surface area contributed by atoms with Gasteiger partial charge < -0.3 is 9.67 Å². The van der Waals surface area contributed by atoms with Crippen molar-refractivity contribution in [3.63, 3.8) is 0 Å². The summed E-state index contributed by atoms with van der Waals surface area (Å²) >= 11 is 0. The van der Waals surface area contributed by atoms with E-state index in [1.807, 2.05) is 6.07 Å². The van der Waals surface area contributed by atoms with Crippen molar-refractivity contribution in [1.82, 2.24) is 9.55 Å². The molecule has 1 aromatic carbocycles. The fraction of sp³-hybridized carbons (Fsp3) is 0.250. The molecule has 5 rings (SSSR count). The number of carbonyl (C=O) groups is 1. The lowest BCUT2D eigenvalue weighted by Crippen LogP contribution is -2.09. The highest BCUT2D eigenvalue weighted by atomic mass is 16.4. The van der Waals surface area contributed by atoms with E-state index in [-0.39, 0.29) is 0 Å². The zero-order valence-electron chi connectivity index (χ0n) is 20.8. The lowest BCUT2D eigenvalue weighted by molar-refractivity contribution is -0.131. The Morgan fingerprint density at radius 2 is 1.86 bits per heavy atom. The third-order valence-corrected chi connectivity index (χ3v) is 7.00. The van der Waals surface area contributed by atoms with Crippen molar-refractivity contribution in [2.45, 2.75) is 52.0 Å². The van der Waals surface area contributed by atoms with Gasteiger partial charge in [0.2, 0.25) is 0 Å². The van der Waals surface area contributed by atoms with Crippen LogP contribution in [0.25, 0.3) is 22.4 Å². The second kappa shape index (κ2) is 10.8. The molecule has 1 N–H and O–H groups in total.